The van der Waals surface area contributed by atoms with Crippen molar-refractivity contribution in [3.8, 4) is 0 Å². The number of hydrogen-bond acceptors (Lipinski definition) is 3. The Balaban J connectivity index is 2.22. The lowest BCUT2D eigenvalue weighted by molar-refractivity contribution is 0.186. The van der Waals surface area contributed by atoms with Gasteiger partial charge in [0.1, 0.15) is 0 Å². The summed E-state index contributed by atoms with van der Waals surface area (Å²) in [5.41, 5.74) is 2.42. The van der Waals surface area contributed by atoms with Gasteiger partial charge in [0.05, 0.1) is 0 Å². The van der Waals surface area contributed by atoms with Crippen LogP contribution in [0.2, 0.25) is 0 Å². The summed E-state index contributed by atoms with van der Waals surface area (Å²) in [7, 11) is 2.16. The Bertz CT molecular complexity index is 174. The largest absolute Gasteiger partial charge is 0.360 e. The second-order valence-corrected chi connectivity index (χ2v) is 3.89. The first-order valence-electron chi connectivity index (χ1n) is 4.68. The molecule has 0 radical (unpaired) electrons. The first-order chi connectivity index (χ1) is 6.24. The van der Waals surface area contributed by atoms with Crippen molar-refractivity contribution in [1.29, 1.82) is 0 Å². The Morgan fingerprint density at radius 3 is 3.00 bits per heavy atom. The van der Waals surface area contributed by atoms with Gasteiger partial charge < -0.3 is 15.6 Å². The molecule has 1 aliphatic heterocycles. The number of piperidine rings is 1. The van der Waals surface area contributed by atoms with Crippen LogP contribution in [0.1, 0.15) is 19.3 Å². The average Bonchev–Trinajstić information content (AvgIpc) is 2.16. The Morgan fingerprint density at radius 2 is 2.38 bits per heavy atom. The van der Waals surface area contributed by atoms with E-state index in [4.69, 9.17) is 18.1 Å². The van der Waals surface area contributed by atoms with E-state index in [0.29, 0.717) is 11.2 Å². The third-order valence-corrected chi connectivity index (χ3v) is 2.81. The lowest BCUT2D eigenvalue weighted by atomic mass is 10.0. The molecule has 1 saturated heterocycles. The van der Waals surface area contributed by atoms with Crippen molar-refractivity contribution in [2.45, 2.75) is 25.3 Å². The number of nitrogens with one attached hydrogen (secondary N) is 2. The Morgan fingerprint density at radius 1 is 1.62 bits per heavy atom. The molecule has 0 aromatic heterocycles. The fraction of sp³-hybridized carbons (Fsp3) is 0.875. The number of hydrogen-bond donors (Lipinski definition) is 3. The van der Waals surface area contributed by atoms with Crippen LogP contribution in [0.4, 0.5) is 0 Å². The molecule has 0 spiro atoms. The predicted octanol–water partition coefficient (Wildman–Crippen LogP) is -0.191. The Hall–Kier alpha value is -0.390. The maximum Gasteiger partial charge on any atom is 0.180 e. The zero-order valence-corrected chi connectivity index (χ0v) is 8.86. The van der Waals surface area contributed by atoms with Crippen molar-refractivity contribution < 1.29 is 0 Å². The van der Waals surface area contributed by atoms with Gasteiger partial charge in [-0.2, -0.15) is 0 Å². The summed E-state index contributed by atoms with van der Waals surface area (Å²) in [5, 5.41) is 3.61. The fourth-order valence-electron chi connectivity index (χ4n) is 1.66. The molecule has 13 heavy (non-hydrogen) atoms. The van der Waals surface area contributed by atoms with E-state index in [0.717, 1.165) is 6.54 Å². The minimum Gasteiger partial charge on any atom is -0.360 e. The van der Waals surface area contributed by atoms with Gasteiger partial charge in [0, 0.05) is 12.6 Å². The molecule has 76 valence electrons. The van der Waals surface area contributed by atoms with E-state index in [9.17, 15) is 0 Å². The summed E-state index contributed by atoms with van der Waals surface area (Å²) in [6.45, 7) is 2.08. The van der Waals surface area contributed by atoms with Crippen molar-refractivity contribution in [2.75, 3.05) is 20.1 Å². The topological polar surface area (TPSA) is 53.3 Å². The number of nitrogens with zero attached hydrogens (tertiary/aromatic N) is 1. The van der Waals surface area contributed by atoms with E-state index in [-0.39, 0.29) is 0 Å². The number of likely N-dealkylation sites (tertiary alicyclic amines) is 1. The number of thiocarbonyl (C=S) groups is 1. The van der Waals surface area contributed by atoms with Gasteiger partial charge in [-0.15, -0.1) is 0 Å². The highest BCUT2D eigenvalue weighted by atomic mass is 32.1. The van der Waals surface area contributed by atoms with Crippen LogP contribution >= 0.6 is 12.2 Å². The van der Waals surface area contributed by atoms with Crippen LogP contribution in [0.5, 0.6) is 0 Å². The molecule has 1 aliphatic rings. The summed E-state index contributed by atoms with van der Waals surface area (Å²) >= 11 is 4.90. The van der Waals surface area contributed by atoms with Crippen LogP contribution in [-0.2, 0) is 0 Å². The maximum absolute atomic E-state index is 5.15. The van der Waals surface area contributed by atoms with Gasteiger partial charge in [-0.25, -0.2) is 5.84 Å². The molecule has 1 rings (SSSR count). The highest BCUT2D eigenvalue weighted by Crippen LogP contribution is 2.13. The van der Waals surface area contributed by atoms with Crippen molar-refractivity contribution in [2.24, 2.45) is 5.84 Å². The number of hydrazine groups is 1. The van der Waals surface area contributed by atoms with E-state index in [1.807, 2.05) is 0 Å². The van der Waals surface area contributed by atoms with Crippen molar-refractivity contribution in [3.63, 3.8) is 0 Å². The molecule has 1 atom stereocenters. The molecule has 0 aromatic carbocycles. The normalized spacial score (nSPS) is 24.0. The molecule has 1 fully saturated rings. The van der Waals surface area contributed by atoms with Gasteiger partial charge in [-0.1, -0.05) is 6.42 Å². The maximum atomic E-state index is 5.15. The number of nitrogens with two attached hydrogens (primary N) is 1. The van der Waals surface area contributed by atoms with E-state index in [2.05, 4.69) is 22.7 Å². The lowest BCUT2D eigenvalue weighted by Gasteiger charge is -2.32. The van der Waals surface area contributed by atoms with Gasteiger partial charge in [0.15, 0.2) is 5.11 Å². The molecule has 0 bridgehead atoms. The first kappa shape index (κ1) is 10.7. The molecule has 0 amide bonds. The predicted molar refractivity (Wildman–Crippen MR) is 58.2 cm³/mol. The van der Waals surface area contributed by atoms with Crippen LogP contribution in [0.25, 0.3) is 0 Å². The highest BCUT2D eigenvalue weighted by Gasteiger charge is 2.18. The molecular weight excluding hydrogens is 184 g/mol. The minimum absolute atomic E-state index is 0.527. The third-order valence-electron chi connectivity index (χ3n) is 2.55. The summed E-state index contributed by atoms with van der Waals surface area (Å²) < 4.78 is 0. The monoisotopic (exact) mass is 202 g/mol. The molecular formula is C8H18N4S. The van der Waals surface area contributed by atoms with Gasteiger partial charge in [-0.05, 0) is 38.7 Å². The summed E-state index contributed by atoms with van der Waals surface area (Å²) in [5.74, 6) is 5.15. The second-order valence-electron chi connectivity index (χ2n) is 3.48. The Labute approximate surface area is 84.8 Å². The van der Waals surface area contributed by atoms with Crippen molar-refractivity contribution in [1.82, 2.24) is 15.6 Å². The first-order valence-corrected chi connectivity index (χ1v) is 5.09. The minimum atomic E-state index is 0.527. The molecule has 0 aromatic rings. The average molecular weight is 202 g/mol. The molecule has 4 nitrogen and oxygen atoms in total. The van der Waals surface area contributed by atoms with E-state index in [1.165, 1.54) is 25.8 Å². The molecule has 4 N–H and O–H groups in total. The number of rotatable bonds is 2. The van der Waals surface area contributed by atoms with E-state index < -0.39 is 0 Å². The fourth-order valence-corrected chi connectivity index (χ4v) is 1.75. The molecule has 1 heterocycles. The molecule has 0 aliphatic carbocycles. The van der Waals surface area contributed by atoms with Crippen molar-refractivity contribution >= 4 is 17.3 Å². The van der Waals surface area contributed by atoms with Crippen LogP contribution < -0.4 is 16.6 Å². The molecule has 0 saturated carbocycles. The van der Waals surface area contributed by atoms with Crippen LogP contribution in [0.3, 0.4) is 0 Å². The van der Waals surface area contributed by atoms with Gasteiger partial charge >= 0.3 is 0 Å². The SMILES string of the molecule is CN1CCCCC1CNC(=S)NN. The highest BCUT2D eigenvalue weighted by molar-refractivity contribution is 7.80. The van der Waals surface area contributed by atoms with Gasteiger partial charge in [0.2, 0.25) is 0 Å². The zero-order valence-electron chi connectivity index (χ0n) is 8.05. The van der Waals surface area contributed by atoms with Gasteiger partial charge in [0.25, 0.3) is 0 Å². The van der Waals surface area contributed by atoms with Crippen LogP contribution in [-0.4, -0.2) is 36.2 Å². The third kappa shape index (κ3) is 3.46. The quantitative estimate of drug-likeness (QED) is 0.329. The Kier molecular flexibility index (Phi) is 4.41. The number of likely N-dealkylation sites (N-methyl/N-ethyl adjacent to an activating group) is 1. The van der Waals surface area contributed by atoms with E-state index >= 15 is 0 Å². The van der Waals surface area contributed by atoms with Crippen LogP contribution in [0, 0.1) is 0 Å². The lowest BCUT2D eigenvalue weighted by Crippen LogP contribution is -2.48. The zero-order chi connectivity index (χ0) is 9.68. The summed E-state index contributed by atoms with van der Waals surface area (Å²) in [6, 6.07) is 0.597. The van der Waals surface area contributed by atoms with E-state index in [1.54, 1.807) is 0 Å². The molecule has 1 unspecified atom stereocenters. The molecule has 5 heteroatoms. The van der Waals surface area contributed by atoms with Crippen LogP contribution in [0.15, 0.2) is 0 Å². The second kappa shape index (κ2) is 5.36. The standard InChI is InChI=1S/C8H18N4S/c1-12-5-3-2-4-7(12)6-10-8(13)11-9/h7H,2-6,9H2,1H3,(H2,10,11,13). The smallest absolute Gasteiger partial charge is 0.180 e. The van der Waals surface area contributed by atoms with Crippen molar-refractivity contribution in [3.05, 3.63) is 0 Å². The van der Waals surface area contributed by atoms with Gasteiger partial charge in [-0.3, -0.25) is 0 Å². The summed E-state index contributed by atoms with van der Waals surface area (Å²) in [6.07, 6.45) is 3.88. The summed E-state index contributed by atoms with van der Waals surface area (Å²) in [4.78, 5) is 2.37.